The van der Waals surface area contributed by atoms with Gasteiger partial charge in [0.05, 0.1) is 5.69 Å². The molecule has 0 fully saturated rings. The summed E-state index contributed by atoms with van der Waals surface area (Å²) in [6.07, 6.45) is 2.55. The fraction of sp³-hybridized carbons (Fsp3) is 0.375. The lowest BCUT2D eigenvalue weighted by Gasteiger charge is -2.24. The molecule has 1 aromatic carbocycles. The van der Waals surface area contributed by atoms with Gasteiger partial charge in [-0.1, -0.05) is 6.07 Å². The second-order valence-electron chi connectivity index (χ2n) is 9.94. The summed E-state index contributed by atoms with van der Waals surface area (Å²) in [5, 5.41) is 0.668. The molecule has 2 aromatic heterocycles. The van der Waals surface area contributed by atoms with E-state index in [1.807, 2.05) is 0 Å². The number of nitrogens with zero attached hydrogens (tertiary/aromatic N) is 3. The summed E-state index contributed by atoms with van der Waals surface area (Å²) in [5.74, 6) is -1.57. The lowest BCUT2D eigenvalue weighted by molar-refractivity contribution is -0.152. The number of carbonyl (C=O) groups excluding carboxylic acids is 2. The van der Waals surface area contributed by atoms with Gasteiger partial charge in [0.25, 0.3) is 11.3 Å². The van der Waals surface area contributed by atoms with Crippen LogP contribution >= 0.6 is 22.6 Å². The highest BCUT2D eigenvalue weighted by Gasteiger charge is 2.25. The van der Waals surface area contributed by atoms with E-state index >= 15 is 0 Å². The third-order valence-corrected chi connectivity index (χ3v) is 6.18. The Balaban J connectivity index is 1.99. The van der Waals surface area contributed by atoms with Gasteiger partial charge in [0.15, 0.2) is 5.65 Å². The van der Waals surface area contributed by atoms with Crippen LogP contribution in [0.2, 0.25) is 0 Å². The molecule has 36 heavy (non-hydrogen) atoms. The fourth-order valence-electron chi connectivity index (χ4n) is 3.28. The van der Waals surface area contributed by atoms with E-state index in [1.165, 1.54) is 22.9 Å². The number of rotatable bonds is 5. The number of anilines is 1. The minimum atomic E-state index is -2.69. The average molecular weight is 631 g/mol. The van der Waals surface area contributed by atoms with Gasteiger partial charge < -0.3 is 9.47 Å². The van der Waals surface area contributed by atoms with E-state index in [-0.39, 0.29) is 5.69 Å². The molecule has 1 atom stereocenters. The third-order valence-electron chi connectivity index (χ3n) is 4.61. The summed E-state index contributed by atoms with van der Waals surface area (Å²) >= 11 is -0.615. The van der Waals surface area contributed by atoms with E-state index < -0.39 is 46.9 Å². The Labute approximate surface area is 224 Å². The molecule has 1 unspecified atom stereocenters. The second kappa shape index (κ2) is 10.4. The molecule has 0 aliphatic carbocycles. The third kappa shape index (κ3) is 6.79. The molecule has 0 bridgehead atoms. The molecule has 2 heterocycles. The quantitative estimate of drug-likeness (QED) is 0.225. The van der Waals surface area contributed by atoms with Crippen LogP contribution < -0.4 is 4.31 Å². The van der Waals surface area contributed by atoms with Crippen molar-refractivity contribution in [2.24, 2.45) is 0 Å². The minimum absolute atomic E-state index is 0.250. The Morgan fingerprint density at radius 2 is 1.75 bits per heavy atom. The van der Waals surface area contributed by atoms with Crippen molar-refractivity contribution in [3.63, 3.8) is 0 Å². The van der Waals surface area contributed by atoms with Gasteiger partial charge in [0.1, 0.15) is 23.6 Å². The van der Waals surface area contributed by atoms with Crippen LogP contribution in [0.25, 0.3) is 22.2 Å². The number of hydrogen-bond acceptors (Lipinski definition) is 6. The van der Waals surface area contributed by atoms with Crippen LogP contribution in [0.1, 0.15) is 41.5 Å². The number of benzene rings is 1. The maximum atomic E-state index is 14.7. The van der Waals surface area contributed by atoms with Gasteiger partial charge in [-0.15, -0.1) is 0 Å². The number of fused-ring (bicyclic) bond motifs is 1. The minimum Gasteiger partial charge on any atom is -0.459 e. The lowest BCUT2D eigenvalue weighted by Crippen LogP contribution is -2.36. The predicted octanol–water partition coefficient (Wildman–Crippen LogP) is 5.52. The van der Waals surface area contributed by atoms with Crippen molar-refractivity contribution in [1.29, 1.82) is 0 Å². The van der Waals surface area contributed by atoms with Gasteiger partial charge in [-0.3, -0.25) is 13.7 Å². The van der Waals surface area contributed by atoms with E-state index in [0.29, 0.717) is 26.5 Å². The van der Waals surface area contributed by atoms with E-state index in [0.717, 1.165) is 9.64 Å². The van der Waals surface area contributed by atoms with Crippen molar-refractivity contribution < 1.29 is 32.2 Å². The first kappa shape index (κ1) is 28.0. The number of aromatic nitrogens is 2. The first-order valence-electron chi connectivity index (χ1n) is 10.9. The maximum absolute atomic E-state index is 14.7. The molecule has 0 spiro atoms. The maximum Gasteiger partial charge on any atom is 0.420 e. The second-order valence-corrected chi connectivity index (χ2v) is 12.0. The van der Waals surface area contributed by atoms with E-state index in [9.17, 15) is 22.7 Å². The molecular weight excluding hydrogens is 604 g/mol. The van der Waals surface area contributed by atoms with Crippen LogP contribution in [0.4, 0.5) is 14.9 Å². The normalized spacial score (nSPS) is 12.9. The SMILES string of the molecule is CC(C)(C)OC(=O)CN(c1cc(-c2cnc3c(c2)c(I)cn3C(=O)OC(C)(C)C)ccc1F)S(=O)O. The van der Waals surface area contributed by atoms with Gasteiger partial charge in [0.2, 0.25) is 0 Å². The first-order chi connectivity index (χ1) is 16.6. The number of esters is 1. The Morgan fingerprint density at radius 1 is 1.11 bits per heavy atom. The molecular formula is C24H27FIN3O6S. The molecule has 0 aliphatic heterocycles. The summed E-state index contributed by atoms with van der Waals surface area (Å²) in [7, 11) is 0. The van der Waals surface area contributed by atoms with Gasteiger partial charge >= 0.3 is 12.1 Å². The largest absolute Gasteiger partial charge is 0.459 e. The highest BCUT2D eigenvalue weighted by atomic mass is 127. The zero-order valence-corrected chi connectivity index (χ0v) is 23.6. The molecule has 1 N–H and O–H groups in total. The van der Waals surface area contributed by atoms with Crippen molar-refractivity contribution in [2.45, 2.75) is 52.7 Å². The number of ether oxygens (including phenoxy) is 2. The first-order valence-corrected chi connectivity index (χ1v) is 13.0. The van der Waals surface area contributed by atoms with Crippen molar-refractivity contribution in [1.82, 2.24) is 9.55 Å². The van der Waals surface area contributed by atoms with Crippen LogP contribution in [0.5, 0.6) is 0 Å². The van der Waals surface area contributed by atoms with Crippen molar-refractivity contribution >= 4 is 62.6 Å². The molecule has 3 rings (SSSR count). The van der Waals surface area contributed by atoms with E-state index in [4.69, 9.17) is 9.47 Å². The van der Waals surface area contributed by atoms with Crippen LogP contribution in [-0.2, 0) is 25.5 Å². The van der Waals surface area contributed by atoms with Crippen molar-refractivity contribution in [2.75, 3.05) is 10.8 Å². The molecule has 0 radical (unpaired) electrons. The Hall–Kier alpha value is -2.58. The van der Waals surface area contributed by atoms with Crippen LogP contribution in [0, 0.1) is 9.39 Å². The average Bonchev–Trinajstić information content (AvgIpc) is 3.06. The summed E-state index contributed by atoms with van der Waals surface area (Å²) in [6.45, 7) is 9.65. The molecule has 0 amide bonds. The molecule has 12 heteroatoms. The van der Waals surface area contributed by atoms with Crippen LogP contribution in [0.15, 0.2) is 36.7 Å². The van der Waals surface area contributed by atoms with Crippen molar-refractivity contribution in [3.05, 3.63) is 46.0 Å². The number of carbonyl (C=O) groups is 2. The summed E-state index contributed by atoms with van der Waals surface area (Å²) in [4.78, 5) is 29.3. The topological polar surface area (TPSA) is 111 Å². The summed E-state index contributed by atoms with van der Waals surface area (Å²) in [6, 6.07) is 5.76. The van der Waals surface area contributed by atoms with E-state index in [1.54, 1.807) is 53.8 Å². The van der Waals surface area contributed by atoms with Gasteiger partial charge in [-0.05, 0) is 87.9 Å². The molecule has 0 saturated heterocycles. The van der Waals surface area contributed by atoms with E-state index in [2.05, 4.69) is 27.6 Å². The summed E-state index contributed by atoms with van der Waals surface area (Å²) in [5.41, 5.74) is -0.288. The number of pyridine rings is 1. The zero-order valence-electron chi connectivity index (χ0n) is 20.7. The number of halogens is 2. The van der Waals surface area contributed by atoms with Crippen LogP contribution in [-0.4, -0.2) is 48.1 Å². The summed E-state index contributed by atoms with van der Waals surface area (Å²) < 4.78 is 49.9. The lowest BCUT2D eigenvalue weighted by atomic mass is 10.1. The molecule has 3 aromatic rings. The fourth-order valence-corrected chi connectivity index (χ4v) is 4.48. The molecule has 0 saturated carbocycles. The standard InChI is InChI=1S/C24H27FIN3O6S/c1-23(2,3)34-20(30)13-29(36(32)33)19-10-14(7-8-17(19)25)15-9-16-18(26)12-28(21(16)27-11-15)22(31)35-24(4,5)6/h7-12H,13H2,1-6H3,(H,32,33). The molecule has 9 nitrogen and oxygen atoms in total. The highest BCUT2D eigenvalue weighted by molar-refractivity contribution is 14.1. The monoisotopic (exact) mass is 631 g/mol. The number of hydrogen-bond donors (Lipinski definition) is 1. The van der Waals surface area contributed by atoms with Gasteiger partial charge in [-0.2, -0.15) is 0 Å². The molecule has 194 valence electrons. The van der Waals surface area contributed by atoms with Crippen molar-refractivity contribution in [3.8, 4) is 11.1 Å². The zero-order chi connectivity index (χ0) is 27.0. The van der Waals surface area contributed by atoms with Crippen LogP contribution in [0.3, 0.4) is 0 Å². The highest BCUT2D eigenvalue weighted by Crippen LogP contribution is 2.31. The van der Waals surface area contributed by atoms with Gasteiger partial charge in [0, 0.05) is 26.9 Å². The molecule has 0 aliphatic rings. The predicted molar refractivity (Wildman–Crippen MR) is 143 cm³/mol. The smallest absolute Gasteiger partial charge is 0.420 e. The Kier molecular flexibility index (Phi) is 8.10. The van der Waals surface area contributed by atoms with Gasteiger partial charge in [-0.25, -0.2) is 22.9 Å². The Bertz CT molecular complexity index is 1350. The Morgan fingerprint density at radius 3 is 2.33 bits per heavy atom.